The van der Waals surface area contributed by atoms with Gasteiger partial charge in [-0.3, -0.25) is 0 Å². The number of anilines is 6. The van der Waals surface area contributed by atoms with Gasteiger partial charge in [-0.15, -0.1) is 0 Å². The zero-order chi connectivity index (χ0) is 37.9. The van der Waals surface area contributed by atoms with Crippen LogP contribution in [0.3, 0.4) is 0 Å². The molecule has 0 bridgehead atoms. The smallest absolute Gasteiger partial charge is 0.0470 e. The van der Waals surface area contributed by atoms with Crippen molar-refractivity contribution in [1.29, 1.82) is 0 Å². The van der Waals surface area contributed by atoms with E-state index in [1.165, 1.54) is 111 Å². The Kier molecular flexibility index (Phi) is 8.37. The number of nitrogens with zero attached hydrogens (tertiary/aromatic N) is 2. The summed E-state index contributed by atoms with van der Waals surface area (Å²) in [6.45, 7) is 8.61. The molecule has 0 spiro atoms. The van der Waals surface area contributed by atoms with E-state index in [-0.39, 0.29) is 0 Å². The van der Waals surface area contributed by atoms with Crippen LogP contribution in [0.25, 0.3) is 33.7 Å². The van der Waals surface area contributed by atoms with Gasteiger partial charge in [-0.2, -0.15) is 0 Å². The second-order valence-electron chi connectivity index (χ2n) is 16.0. The highest BCUT2D eigenvalue weighted by atomic mass is 15.1. The van der Waals surface area contributed by atoms with E-state index in [9.17, 15) is 0 Å². The van der Waals surface area contributed by atoms with Crippen LogP contribution in [-0.4, -0.2) is 0 Å². The summed E-state index contributed by atoms with van der Waals surface area (Å²) in [6.07, 6.45) is 9.03. The zero-order valence-electron chi connectivity index (χ0n) is 32.7. The molecule has 2 aliphatic rings. The Labute approximate surface area is 331 Å². The monoisotopic (exact) mass is 722 g/mol. The molecule has 56 heavy (non-hydrogen) atoms. The Morgan fingerprint density at radius 3 is 0.982 bits per heavy atom. The van der Waals surface area contributed by atoms with Gasteiger partial charge in [-0.05, 0) is 181 Å². The molecule has 0 N–H and O–H groups in total. The first-order valence-electron chi connectivity index (χ1n) is 20.1. The summed E-state index contributed by atoms with van der Waals surface area (Å²) >= 11 is 0. The lowest BCUT2D eigenvalue weighted by Crippen LogP contribution is -2.10. The van der Waals surface area contributed by atoms with Crippen molar-refractivity contribution in [3.8, 4) is 0 Å². The van der Waals surface area contributed by atoms with Gasteiger partial charge in [0.2, 0.25) is 0 Å². The van der Waals surface area contributed by atoms with Crippen LogP contribution in [0.4, 0.5) is 34.1 Å². The van der Waals surface area contributed by atoms with Crippen molar-refractivity contribution in [2.24, 2.45) is 0 Å². The Hall–Kier alpha value is -6.38. The number of hydrogen-bond acceptors (Lipinski definition) is 2. The molecule has 0 saturated heterocycles. The summed E-state index contributed by atoms with van der Waals surface area (Å²) in [6, 6.07) is 54.6. The van der Waals surface area contributed by atoms with E-state index in [0.717, 1.165) is 25.7 Å². The predicted molar refractivity (Wildman–Crippen MR) is 240 cm³/mol. The highest BCUT2D eigenvalue weighted by Crippen LogP contribution is 2.44. The van der Waals surface area contributed by atoms with Crippen LogP contribution in [0.1, 0.15) is 55.6 Å². The van der Waals surface area contributed by atoms with E-state index < -0.39 is 0 Å². The molecule has 0 aromatic heterocycles. The van der Waals surface area contributed by atoms with Gasteiger partial charge in [0.25, 0.3) is 0 Å². The number of aryl methyl sites for hydroxylation is 8. The predicted octanol–water partition coefficient (Wildman–Crippen LogP) is 14.5. The molecule has 0 saturated carbocycles. The average molecular weight is 723 g/mol. The largest absolute Gasteiger partial charge is 0.310 e. The van der Waals surface area contributed by atoms with Gasteiger partial charge in [-0.25, -0.2) is 0 Å². The fourth-order valence-corrected chi connectivity index (χ4v) is 9.14. The second-order valence-corrected chi connectivity index (χ2v) is 16.0. The minimum Gasteiger partial charge on any atom is -0.310 e. The van der Waals surface area contributed by atoms with Crippen molar-refractivity contribution in [2.75, 3.05) is 9.80 Å². The van der Waals surface area contributed by atoms with Gasteiger partial charge in [-0.1, -0.05) is 107 Å². The van der Waals surface area contributed by atoms with Gasteiger partial charge in [0.15, 0.2) is 0 Å². The molecule has 8 aromatic carbocycles. The third-order valence-electron chi connectivity index (χ3n) is 12.1. The zero-order valence-corrected chi connectivity index (χ0v) is 32.7. The Morgan fingerprint density at radius 2 is 0.661 bits per heavy atom. The third kappa shape index (κ3) is 6.07. The van der Waals surface area contributed by atoms with Gasteiger partial charge < -0.3 is 9.80 Å². The van der Waals surface area contributed by atoms with Crippen molar-refractivity contribution in [3.63, 3.8) is 0 Å². The maximum Gasteiger partial charge on any atom is 0.0470 e. The van der Waals surface area contributed by atoms with E-state index in [0.29, 0.717) is 0 Å². The molecule has 0 amide bonds. The highest BCUT2D eigenvalue weighted by molar-refractivity contribution is 6.00. The lowest BCUT2D eigenvalue weighted by molar-refractivity contribution is 1.02. The summed E-state index contributed by atoms with van der Waals surface area (Å²) < 4.78 is 0. The highest BCUT2D eigenvalue weighted by Gasteiger charge is 2.23. The lowest BCUT2D eigenvalue weighted by Gasteiger charge is -2.26. The van der Waals surface area contributed by atoms with E-state index >= 15 is 0 Å². The number of hydrogen-bond donors (Lipinski definition) is 0. The molecule has 0 aliphatic heterocycles. The summed E-state index contributed by atoms with van der Waals surface area (Å²) in [5.74, 6) is 0. The molecule has 8 aromatic rings. The van der Waals surface area contributed by atoms with Crippen LogP contribution in [0.2, 0.25) is 0 Å². The quantitative estimate of drug-likeness (QED) is 0.144. The second kappa shape index (κ2) is 13.7. The summed E-state index contributed by atoms with van der Waals surface area (Å²) in [4.78, 5) is 4.81. The topological polar surface area (TPSA) is 6.48 Å². The van der Waals surface area contributed by atoms with E-state index in [2.05, 4.69) is 195 Å². The molecule has 2 heteroatoms. The number of rotatable bonds is 8. The average Bonchev–Trinajstić information content (AvgIpc) is 3.85. The standard InChI is InChI=1S/C54H46N2/c1-35-5-21-45(22-6-35)55(46-23-7-36(2)8-24-46)49-31-41-17-15-39(51-29-19-43(33-49)53(41)51)13-14-40-16-18-42-32-50(34-44-20-30-52(40)54(42)44)56(47-25-9-37(3)10-26-47)48-27-11-38(4)12-28-48/h5-18,21-28,31-34H,19-20,29-30H2,1-4H3/b14-13+. The maximum atomic E-state index is 2.44. The fourth-order valence-electron chi connectivity index (χ4n) is 9.14. The minimum atomic E-state index is 1.06. The van der Waals surface area contributed by atoms with Crippen LogP contribution in [0, 0.1) is 27.7 Å². The van der Waals surface area contributed by atoms with Crippen molar-refractivity contribution in [2.45, 2.75) is 53.4 Å². The van der Waals surface area contributed by atoms with E-state index in [1.807, 2.05) is 0 Å². The Bertz CT molecular complexity index is 2520. The first kappa shape index (κ1) is 34.1. The van der Waals surface area contributed by atoms with Crippen molar-refractivity contribution in [3.05, 3.63) is 201 Å². The molecule has 2 nitrogen and oxygen atoms in total. The molecule has 272 valence electrons. The van der Waals surface area contributed by atoms with Crippen molar-refractivity contribution < 1.29 is 0 Å². The van der Waals surface area contributed by atoms with Gasteiger partial charge in [0, 0.05) is 34.1 Å². The molecule has 0 heterocycles. The molecule has 0 unspecified atom stereocenters. The molecule has 10 rings (SSSR count). The summed E-state index contributed by atoms with van der Waals surface area (Å²) in [5, 5.41) is 5.52. The Morgan fingerprint density at radius 1 is 0.339 bits per heavy atom. The SMILES string of the molecule is Cc1ccc(N(c2ccc(C)cc2)c2cc3c4c(c(/C=C/c5ccc6cc(N(c7ccc(C)cc7)c7ccc(C)cc7)cc7c6c5CC7)ccc4c2)CC3)cc1. The third-order valence-corrected chi connectivity index (χ3v) is 12.1. The molecular formula is C54H46N2. The maximum absolute atomic E-state index is 2.44. The van der Waals surface area contributed by atoms with Gasteiger partial charge in [0.05, 0.1) is 0 Å². The van der Waals surface area contributed by atoms with Crippen LogP contribution < -0.4 is 9.80 Å². The van der Waals surface area contributed by atoms with Crippen molar-refractivity contribution in [1.82, 2.24) is 0 Å². The van der Waals surface area contributed by atoms with Crippen LogP contribution in [-0.2, 0) is 25.7 Å². The van der Waals surface area contributed by atoms with Crippen LogP contribution in [0.15, 0.2) is 146 Å². The lowest BCUT2D eigenvalue weighted by atomic mass is 9.96. The molecule has 2 aliphatic carbocycles. The van der Waals surface area contributed by atoms with Crippen LogP contribution >= 0.6 is 0 Å². The van der Waals surface area contributed by atoms with Crippen molar-refractivity contribution >= 4 is 67.8 Å². The Balaban J connectivity index is 0.995. The summed E-state index contributed by atoms with van der Waals surface area (Å²) in [7, 11) is 0. The van der Waals surface area contributed by atoms with Gasteiger partial charge >= 0.3 is 0 Å². The molecular weight excluding hydrogens is 677 g/mol. The first-order chi connectivity index (χ1) is 27.4. The van der Waals surface area contributed by atoms with E-state index in [4.69, 9.17) is 0 Å². The molecule has 0 radical (unpaired) electrons. The van der Waals surface area contributed by atoms with Gasteiger partial charge in [0.1, 0.15) is 0 Å². The summed E-state index contributed by atoms with van der Waals surface area (Å²) in [5.41, 5.74) is 20.8. The number of benzene rings is 8. The first-order valence-corrected chi connectivity index (χ1v) is 20.1. The van der Waals surface area contributed by atoms with Crippen LogP contribution in [0.5, 0.6) is 0 Å². The molecule has 0 atom stereocenters. The fraction of sp³-hybridized carbons (Fsp3) is 0.148. The minimum absolute atomic E-state index is 1.06. The normalized spacial score (nSPS) is 13.0. The molecule has 0 fully saturated rings. The van der Waals surface area contributed by atoms with E-state index in [1.54, 1.807) is 0 Å².